The Bertz CT molecular complexity index is 894. The molecular weight excluding hydrogens is 384 g/mol. The van der Waals surface area contributed by atoms with Gasteiger partial charge in [-0.2, -0.15) is 4.31 Å². The number of hydrogen-bond donors (Lipinski definition) is 1. The highest BCUT2D eigenvalue weighted by Gasteiger charge is 2.37. The molecule has 2 aromatic heterocycles. The second kappa shape index (κ2) is 7.83. The van der Waals surface area contributed by atoms with E-state index in [2.05, 4.69) is 15.3 Å². The first kappa shape index (κ1) is 18.8. The summed E-state index contributed by atoms with van der Waals surface area (Å²) in [6, 6.07) is 5.66. The van der Waals surface area contributed by atoms with Crippen molar-refractivity contribution < 1.29 is 13.2 Å². The fourth-order valence-electron chi connectivity index (χ4n) is 3.65. The van der Waals surface area contributed by atoms with E-state index >= 15 is 0 Å². The molecule has 0 radical (unpaired) electrons. The van der Waals surface area contributed by atoms with Gasteiger partial charge in [-0.1, -0.05) is 18.9 Å². The second-order valence-corrected chi connectivity index (χ2v) is 10.1. The Kier molecular flexibility index (Phi) is 5.45. The minimum absolute atomic E-state index is 0.231. The van der Waals surface area contributed by atoms with Crippen LogP contribution < -0.4 is 5.32 Å². The summed E-state index contributed by atoms with van der Waals surface area (Å²) < 4.78 is 33.3. The number of aromatic nitrogens is 2. The molecule has 1 saturated heterocycles. The van der Waals surface area contributed by atoms with E-state index in [9.17, 15) is 8.42 Å². The van der Waals surface area contributed by atoms with Crippen LogP contribution in [0.15, 0.2) is 23.6 Å². The van der Waals surface area contributed by atoms with Gasteiger partial charge in [-0.05, 0) is 31.9 Å². The van der Waals surface area contributed by atoms with Crippen molar-refractivity contribution in [3.8, 4) is 0 Å². The Morgan fingerprint density at radius 1 is 1.26 bits per heavy atom. The Morgan fingerprint density at radius 2 is 2.07 bits per heavy atom. The fourth-order valence-corrected chi connectivity index (χ4v) is 6.37. The summed E-state index contributed by atoms with van der Waals surface area (Å²) in [5.41, 5.74) is 1.70. The minimum Gasteiger partial charge on any atom is -0.369 e. The number of pyridine rings is 1. The number of hydrogen-bond acceptors (Lipinski definition) is 7. The van der Waals surface area contributed by atoms with Gasteiger partial charge in [0.05, 0.1) is 23.2 Å². The summed E-state index contributed by atoms with van der Waals surface area (Å²) in [5, 5.41) is 5.73. The number of aryl methyl sites for hydroxylation is 1. The lowest BCUT2D eigenvalue weighted by molar-refractivity contribution is -0.00512. The average molecular weight is 409 g/mol. The van der Waals surface area contributed by atoms with Crippen LogP contribution in [0.5, 0.6) is 0 Å². The maximum atomic E-state index is 12.9. The van der Waals surface area contributed by atoms with Gasteiger partial charge in [0, 0.05) is 18.5 Å². The number of rotatable bonds is 5. The molecule has 2 aliphatic rings. The number of morpholine rings is 1. The first-order valence-electron chi connectivity index (χ1n) is 9.29. The van der Waals surface area contributed by atoms with Gasteiger partial charge >= 0.3 is 0 Å². The zero-order valence-corrected chi connectivity index (χ0v) is 16.9. The predicted molar refractivity (Wildman–Crippen MR) is 106 cm³/mol. The monoisotopic (exact) mass is 408 g/mol. The van der Waals surface area contributed by atoms with Crippen LogP contribution in [0.1, 0.15) is 43.2 Å². The van der Waals surface area contributed by atoms with Crippen LogP contribution in [0.3, 0.4) is 0 Å². The predicted octanol–water partition coefficient (Wildman–Crippen LogP) is 3.24. The Hall–Kier alpha value is -1.55. The third-order valence-corrected chi connectivity index (χ3v) is 8.31. The lowest BCUT2D eigenvalue weighted by atomic mass is 10.2. The van der Waals surface area contributed by atoms with E-state index in [1.54, 1.807) is 4.31 Å². The van der Waals surface area contributed by atoms with E-state index in [0.717, 1.165) is 42.2 Å². The molecule has 1 saturated carbocycles. The normalized spacial score (nSPS) is 22.2. The summed E-state index contributed by atoms with van der Waals surface area (Å²) in [7, 11) is -3.26. The van der Waals surface area contributed by atoms with Crippen molar-refractivity contribution in [3.05, 3.63) is 35.0 Å². The third kappa shape index (κ3) is 4.16. The van der Waals surface area contributed by atoms with E-state index in [-0.39, 0.29) is 11.4 Å². The van der Waals surface area contributed by atoms with Gasteiger partial charge in [-0.25, -0.2) is 18.4 Å². The van der Waals surface area contributed by atoms with Crippen molar-refractivity contribution >= 4 is 32.3 Å². The molecule has 1 aliphatic carbocycles. The van der Waals surface area contributed by atoms with Gasteiger partial charge in [0.25, 0.3) is 0 Å². The zero-order chi connectivity index (χ0) is 18.9. The smallest absolute Gasteiger partial charge is 0.217 e. The van der Waals surface area contributed by atoms with Crippen LogP contribution in [0.25, 0.3) is 0 Å². The molecule has 146 valence electrons. The Balaban J connectivity index is 1.48. The molecule has 3 heterocycles. The molecule has 1 atom stereocenters. The van der Waals surface area contributed by atoms with Gasteiger partial charge in [0.1, 0.15) is 11.9 Å². The number of nitrogens with one attached hydrogen (secondary N) is 1. The highest BCUT2D eigenvalue weighted by atomic mass is 32.2. The third-order valence-electron chi connectivity index (χ3n) is 5.07. The summed E-state index contributed by atoms with van der Waals surface area (Å²) in [6.45, 7) is 3.08. The maximum Gasteiger partial charge on any atom is 0.217 e. The molecule has 0 amide bonds. The van der Waals surface area contributed by atoms with Crippen LogP contribution in [0.2, 0.25) is 0 Å². The molecule has 4 rings (SSSR count). The lowest BCUT2D eigenvalue weighted by Crippen LogP contribution is -2.45. The molecule has 1 aliphatic heterocycles. The van der Waals surface area contributed by atoms with Gasteiger partial charge in [-0.15, -0.1) is 11.3 Å². The summed E-state index contributed by atoms with van der Waals surface area (Å²) in [4.78, 5) is 9.01. The van der Waals surface area contributed by atoms with Crippen LogP contribution in [-0.2, 0) is 14.8 Å². The molecule has 1 N–H and O–H groups in total. The van der Waals surface area contributed by atoms with E-state index in [4.69, 9.17) is 4.74 Å². The molecule has 0 unspecified atom stereocenters. The summed E-state index contributed by atoms with van der Waals surface area (Å²) in [6.07, 6.45) is 3.20. The lowest BCUT2D eigenvalue weighted by Gasteiger charge is -2.33. The molecule has 9 heteroatoms. The first-order chi connectivity index (χ1) is 13.0. The Morgan fingerprint density at radius 3 is 2.81 bits per heavy atom. The molecule has 7 nitrogen and oxygen atoms in total. The van der Waals surface area contributed by atoms with Crippen molar-refractivity contribution in [1.82, 2.24) is 14.3 Å². The molecule has 27 heavy (non-hydrogen) atoms. The second-order valence-electron chi connectivity index (χ2n) is 7.04. The van der Waals surface area contributed by atoms with Crippen LogP contribution in [0.4, 0.5) is 10.9 Å². The number of thiazole rings is 1. The van der Waals surface area contributed by atoms with E-state index in [1.165, 1.54) is 11.3 Å². The SMILES string of the molecule is Cc1csc(Nc2cccc([C@H]3CN(S(=O)(=O)C4CCCC4)CCO3)n2)n1. The van der Waals surface area contributed by atoms with Gasteiger partial charge < -0.3 is 10.1 Å². The maximum absolute atomic E-state index is 12.9. The van der Waals surface area contributed by atoms with Crippen LogP contribution >= 0.6 is 11.3 Å². The molecule has 0 bridgehead atoms. The number of nitrogens with zero attached hydrogens (tertiary/aromatic N) is 3. The van der Waals surface area contributed by atoms with Gasteiger partial charge in [-0.3, -0.25) is 0 Å². The molecule has 0 spiro atoms. The van der Waals surface area contributed by atoms with Crippen molar-refractivity contribution in [2.45, 2.75) is 44.0 Å². The number of anilines is 2. The average Bonchev–Trinajstić information content (AvgIpc) is 3.34. The quantitative estimate of drug-likeness (QED) is 0.818. The van der Waals surface area contributed by atoms with Crippen molar-refractivity contribution in [2.24, 2.45) is 0 Å². The van der Waals surface area contributed by atoms with Crippen molar-refractivity contribution in [3.63, 3.8) is 0 Å². The van der Waals surface area contributed by atoms with Gasteiger partial charge in [0.15, 0.2) is 5.13 Å². The summed E-state index contributed by atoms with van der Waals surface area (Å²) >= 11 is 1.52. The molecular formula is C18H24N4O3S2. The molecule has 2 aromatic rings. The van der Waals surface area contributed by atoms with E-state index in [0.29, 0.717) is 25.5 Å². The zero-order valence-electron chi connectivity index (χ0n) is 15.3. The van der Waals surface area contributed by atoms with Crippen LogP contribution in [0, 0.1) is 6.92 Å². The number of ether oxygens (including phenoxy) is 1. The number of sulfonamides is 1. The van der Waals surface area contributed by atoms with Crippen molar-refractivity contribution in [2.75, 3.05) is 25.0 Å². The Labute approximate surface area is 163 Å². The minimum atomic E-state index is -3.26. The van der Waals surface area contributed by atoms with E-state index < -0.39 is 10.0 Å². The van der Waals surface area contributed by atoms with Crippen LogP contribution in [-0.4, -0.2) is 47.6 Å². The first-order valence-corrected chi connectivity index (χ1v) is 11.7. The molecule has 2 fully saturated rings. The topological polar surface area (TPSA) is 84.4 Å². The van der Waals surface area contributed by atoms with Gasteiger partial charge in [0.2, 0.25) is 10.0 Å². The standard InChI is InChI=1S/C18H24N4O3S2/c1-13-12-26-18(19-13)21-17-8-4-7-15(20-17)16-11-22(9-10-25-16)27(23,24)14-5-2-3-6-14/h4,7-8,12,14,16H,2-3,5-6,9-11H2,1H3,(H,19,20,21)/t16-/m1/s1. The highest BCUT2D eigenvalue weighted by Crippen LogP contribution is 2.31. The van der Waals surface area contributed by atoms with E-state index in [1.807, 2.05) is 30.5 Å². The largest absolute Gasteiger partial charge is 0.369 e. The fraction of sp³-hybridized carbons (Fsp3) is 0.556. The highest BCUT2D eigenvalue weighted by molar-refractivity contribution is 7.89. The van der Waals surface area contributed by atoms with Crippen molar-refractivity contribution in [1.29, 1.82) is 0 Å². The summed E-state index contributed by atoms with van der Waals surface area (Å²) in [5.74, 6) is 0.682. The molecule has 0 aromatic carbocycles.